The second-order valence-electron chi connectivity index (χ2n) is 6.60. The summed E-state index contributed by atoms with van der Waals surface area (Å²) < 4.78 is 0. The van der Waals surface area contributed by atoms with Crippen LogP contribution in [0, 0.1) is 0 Å². The van der Waals surface area contributed by atoms with Crippen LogP contribution >= 0.6 is 0 Å². The minimum atomic E-state index is -0.0969. The number of hydrogen-bond donors (Lipinski definition) is 1. The quantitative estimate of drug-likeness (QED) is 0.728. The fourth-order valence-corrected chi connectivity index (χ4v) is 3.12. The third kappa shape index (κ3) is 6.15. The first-order valence-electron chi connectivity index (χ1n) is 9.27. The lowest BCUT2D eigenvalue weighted by Crippen LogP contribution is -2.33. The van der Waals surface area contributed by atoms with Crippen molar-refractivity contribution in [3.8, 4) is 0 Å². The molecule has 0 aliphatic carbocycles. The van der Waals surface area contributed by atoms with Crippen LogP contribution < -0.4 is 5.32 Å². The number of likely N-dealkylation sites (tertiary alicyclic amines) is 1. The first-order valence-corrected chi connectivity index (χ1v) is 9.27. The van der Waals surface area contributed by atoms with Crippen LogP contribution in [0.25, 0.3) is 0 Å². The first kappa shape index (κ1) is 19.9. The zero-order chi connectivity index (χ0) is 18.8. The summed E-state index contributed by atoms with van der Waals surface area (Å²) >= 11 is 0. The van der Waals surface area contributed by atoms with Gasteiger partial charge in [-0.3, -0.25) is 14.5 Å². The van der Waals surface area contributed by atoms with E-state index in [1.807, 2.05) is 9.80 Å². The highest BCUT2D eigenvalue weighted by molar-refractivity contribution is 5.96. The van der Waals surface area contributed by atoms with Gasteiger partial charge in [0, 0.05) is 37.4 Å². The number of nitrogens with zero attached hydrogens (tertiary/aromatic N) is 2. The van der Waals surface area contributed by atoms with Gasteiger partial charge in [0.25, 0.3) is 5.91 Å². The summed E-state index contributed by atoms with van der Waals surface area (Å²) in [5.41, 5.74) is 1.37. The smallest absolute Gasteiger partial charge is 0.253 e. The molecule has 2 amide bonds. The van der Waals surface area contributed by atoms with Gasteiger partial charge in [-0.2, -0.15) is 0 Å². The van der Waals surface area contributed by atoms with Gasteiger partial charge in [-0.15, -0.1) is 13.2 Å². The summed E-state index contributed by atoms with van der Waals surface area (Å²) in [6.45, 7) is 10.6. The molecule has 0 atom stereocenters. The van der Waals surface area contributed by atoms with Crippen LogP contribution in [-0.4, -0.2) is 54.3 Å². The van der Waals surface area contributed by atoms with Crippen LogP contribution in [0.4, 0.5) is 5.69 Å². The Balaban J connectivity index is 1.91. The summed E-state index contributed by atoms with van der Waals surface area (Å²) in [5.74, 6) is -0.0202. The predicted octanol–water partition coefficient (Wildman–Crippen LogP) is 3.32. The van der Waals surface area contributed by atoms with E-state index in [9.17, 15) is 9.59 Å². The Hall–Kier alpha value is -2.40. The maximum Gasteiger partial charge on any atom is 0.253 e. The Morgan fingerprint density at radius 2 is 1.58 bits per heavy atom. The highest BCUT2D eigenvalue weighted by atomic mass is 16.2. The van der Waals surface area contributed by atoms with Crippen LogP contribution in [0.5, 0.6) is 0 Å². The SMILES string of the molecule is C=CCN(CC=C)CC(=O)Nc1ccc(C(=O)N2CCCCCC2)cc1. The Kier molecular flexibility index (Phi) is 8.09. The van der Waals surface area contributed by atoms with E-state index < -0.39 is 0 Å². The predicted molar refractivity (Wildman–Crippen MR) is 106 cm³/mol. The van der Waals surface area contributed by atoms with Crippen molar-refractivity contribution in [2.75, 3.05) is 38.0 Å². The molecule has 1 aromatic carbocycles. The second kappa shape index (κ2) is 10.6. The van der Waals surface area contributed by atoms with Crippen molar-refractivity contribution >= 4 is 17.5 Å². The van der Waals surface area contributed by atoms with Gasteiger partial charge < -0.3 is 10.2 Å². The topological polar surface area (TPSA) is 52.7 Å². The third-order valence-electron chi connectivity index (χ3n) is 4.45. The normalized spacial score (nSPS) is 14.6. The summed E-state index contributed by atoms with van der Waals surface area (Å²) in [4.78, 5) is 28.6. The molecule has 1 aromatic rings. The average molecular weight is 355 g/mol. The van der Waals surface area contributed by atoms with Gasteiger partial charge in [-0.25, -0.2) is 0 Å². The highest BCUT2D eigenvalue weighted by Gasteiger charge is 2.17. The average Bonchev–Trinajstić information content (AvgIpc) is 2.91. The van der Waals surface area contributed by atoms with E-state index in [1.165, 1.54) is 12.8 Å². The number of hydrogen-bond acceptors (Lipinski definition) is 3. The molecule has 1 aliphatic rings. The molecule has 0 unspecified atom stereocenters. The monoisotopic (exact) mass is 355 g/mol. The number of anilines is 1. The van der Waals surface area contributed by atoms with Crippen molar-refractivity contribution in [1.29, 1.82) is 0 Å². The largest absolute Gasteiger partial charge is 0.339 e. The fraction of sp³-hybridized carbons (Fsp3) is 0.429. The summed E-state index contributed by atoms with van der Waals surface area (Å²) in [6, 6.07) is 7.14. The lowest BCUT2D eigenvalue weighted by Gasteiger charge is -2.20. The van der Waals surface area contributed by atoms with Gasteiger partial charge in [0.1, 0.15) is 0 Å². The van der Waals surface area contributed by atoms with Gasteiger partial charge in [-0.05, 0) is 37.1 Å². The van der Waals surface area contributed by atoms with Crippen LogP contribution in [0.1, 0.15) is 36.0 Å². The zero-order valence-corrected chi connectivity index (χ0v) is 15.5. The van der Waals surface area contributed by atoms with Gasteiger partial charge in [0.2, 0.25) is 5.91 Å². The van der Waals surface area contributed by atoms with Gasteiger partial charge >= 0.3 is 0 Å². The van der Waals surface area contributed by atoms with E-state index in [4.69, 9.17) is 0 Å². The molecule has 1 saturated heterocycles. The van der Waals surface area contributed by atoms with Crippen molar-refractivity contribution in [2.24, 2.45) is 0 Å². The van der Waals surface area contributed by atoms with Gasteiger partial charge in [-0.1, -0.05) is 25.0 Å². The van der Waals surface area contributed by atoms with Gasteiger partial charge in [0.05, 0.1) is 6.54 Å². The molecule has 0 aromatic heterocycles. The maximum atomic E-state index is 12.6. The molecule has 0 saturated carbocycles. The van der Waals surface area contributed by atoms with Crippen molar-refractivity contribution in [3.05, 3.63) is 55.1 Å². The standard InChI is InChI=1S/C21H29N3O2/c1-3-13-23(14-4-2)17-20(25)22-19-11-9-18(10-12-19)21(26)24-15-7-5-6-8-16-24/h3-4,9-12H,1-2,5-8,13-17H2,(H,22,25). The van der Waals surface area contributed by atoms with Crippen LogP contribution in [0.3, 0.4) is 0 Å². The molecular formula is C21H29N3O2. The van der Waals surface area contributed by atoms with Crippen molar-refractivity contribution in [1.82, 2.24) is 9.80 Å². The van der Waals surface area contributed by atoms with Crippen molar-refractivity contribution < 1.29 is 9.59 Å². The molecule has 5 nitrogen and oxygen atoms in total. The second-order valence-corrected chi connectivity index (χ2v) is 6.60. The first-order chi connectivity index (χ1) is 12.6. The number of rotatable bonds is 8. The number of carbonyl (C=O) groups is 2. The Labute approximate surface area is 156 Å². The molecule has 1 aliphatic heterocycles. The molecule has 1 heterocycles. The van der Waals surface area contributed by atoms with Gasteiger partial charge in [0.15, 0.2) is 0 Å². The van der Waals surface area contributed by atoms with Crippen LogP contribution in [0.2, 0.25) is 0 Å². The van der Waals surface area contributed by atoms with E-state index in [0.29, 0.717) is 24.3 Å². The molecule has 1 N–H and O–H groups in total. The Morgan fingerprint density at radius 3 is 2.12 bits per heavy atom. The highest BCUT2D eigenvalue weighted by Crippen LogP contribution is 2.15. The molecule has 0 bridgehead atoms. The third-order valence-corrected chi connectivity index (χ3v) is 4.45. The summed E-state index contributed by atoms with van der Waals surface area (Å²) in [7, 11) is 0. The van der Waals surface area contributed by atoms with E-state index in [1.54, 1.807) is 36.4 Å². The van der Waals surface area contributed by atoms with Crippen LogP contribution in [-0.2, 0) is 4.79 Å². The Morgan fingerprint density at radius 1 is 1.00 bits per heavy atom. The van der Waals surface area contributed by atoms with E-state index in [-0.39, 0.29) is 18.4 Å². The lowest BCUT2D eigenvalue weighted by molar-refractivity contribution is -0.117. The molecule has 140 valence electrons. The maximum absolute atomic E-state index is 12.6. The van der Waals surface area contributed by atoms with E-state index in [0.717, 1.165) is 25.9 Å². The summed E-state index contributed by atoms with van der Waals surface area (Å²) in [6.07, 6.45) is 8.07. The molecule has 0 spiro atoms. The minimum Gasteiger partial charge on any atom is -0.339 e. The van der Waals surface area contributed by atoms with E-state index >= 15 is 0 Å². The molecule has 26 heavy (non-hydrogen) atoms. The number of nitrogens with one attached hydrogen (secondary N) is 1. The van der Waals surface area contributed by atoms with E-state index in [2.05, 4.69) is 18.5 Å². The number of benzene rings is 1. The molecule has 2 rings (SSSR count). The minimum absolute atomic E-state index is 0.0768. The zero-order valence-electron chi connectivity index (χ0n) is 15.5. The summed E-state index contributed by atoms with van der Waals surface area (Å²) in [5, 5.41) is 2.87. The Bertz CT molecular complexity index is 607. The fourth-order valence-electron chi connectivity index (χ4n) is 3.12. The molecule has 1 fully saturated rings. The molecule has 5 heteroatoms. The molecular weight excluding hydrogens is 326 g/mol. The van der Waals surface area contributed by atoms with Crippen molar-refractivity contribution in [2.45, 2.75) is 25.7 Å². The number of carbonyl (C=O) groups excluding carboxylic acids is 2. The van der Waals surface area contributed by atoms with Crippen LogP contribution in [0.15, 0.2) is 49.6 Å². The van der Waals surface area contributed by atoms with Crippen molar-refractivity contribution in [3.63, 3.8) is 0 Å². The lowest BCUT2D eigenvalue weighted by atomic mass is 10.1. The molecule has 0 radical (unpaired) electrons. The number of amides is 2.